The van der Waals surface area contributed by atoms with E-state index in [9.17, 15) is 27.8 Å². The number of amides is 1. The third-order valence-electron chi connectivity index (χ3n) is 6.19. The van der Waals surface area contributed by atoms with Crippen molar-refractivity contribution < 1.29 is 27.8 Å². The number of thiol groups is 1. The quantitative estimate of drug-likeness (QED) is 0.244. The van der Waals surface area contributed by atoms with E-state index in [1.54, 1.807) is 36.4 Å². The standard InChI is InChI=1S/C28H35FN3O5S/c1-4-23(33)15-24(34)12-13-32-26(18(2)3)25(31-27(32)21-8-10-22(29)11-9-21)28(35)30-16-19-6-5-7-20(14-19)17-38(36)37/h5-11,14,18,23-24,33-34,38H,1,4,12-13,15-17H2,2-3H3,(H,30,35). The Balaban J connectivity index is 1.92. The molecule has 2 atom stereocenters. The summed E-state index contributed by atoms with van der Waals surface area (Å²) in [4.78, 5) is 18.0. The van der Waals surface area contributed by atoms with E-state index in [1.807, 2.05) is 18.4 Å². The molecule has 0 aliphatic heterocycles. The molecule has 0 bridgehead atoms. The second-order valence-corrected chi connectivity index (χ2v) is 10.6. The minimum atomic E-state index is -2.56. The first kappa shape index (κ1) is 29.5. The zero-order valence-electron chi connectivity index (χ0n) is 21.6. The Bertz CT molecular complexity index is 1300. The Kier molecular flexibility index (Phi) is 10.6. The van der Waals surface area contributed by atoms with Crippen molar-refractivity contribution in [1.29, 1.82) is 0 Å². The van der Waals surface area contributed by atoms with Crippen molar-refractivity contribution in [2.45, 2.75) is 70.1 Å². The number of imidazole rings is 1. The summed E-state index contributed by atoms with van der Waals surface area (Å²) in [5.74, 6) is -0.487. The van der Waals surface area contributed by atoms with Crippen LogP contribution in [-0.4, -0.2) is 46.3 Å². The summed E-state index contributed by atoms with van der Waals surface area (Å²) in [5, 5.41) is 23.2. The van der Waals surface area contributed by atoms with Crippen LogP contribution in [-0.2, 0) is 29.5 Å². The molecule has 3 N–H and O–H groups in total. The summed E-state index contributed by atoms with van der Waals surface area (Å²) < 4.78 is 37.6. The topological polar surface area (TPSA) is 122 Å². The van der Waals surface area contributed by atoms with Gasteiger partial charge >= 0.3 is 0 Å². The summed E-state index contributed by atoms with van der Waals surface area (Å²) in [6, 6.07) is 12.8. The van der Waals surface area contributed by atoms with Gasteiger partial charge in [-0.05, 0) is 60.6 Å². The number of nitrogens with one attached hydrogen (secondary N) is 1. The molecule has 3 aromatic rings. The normalized spacial score (nSPS) is 13.2. The molecule has 38 heavy (non-hydrogen) atoms. The number of aromatic nitrogens is 2. The Morgan fingerprint density at radius 1 is 1.11 bits per heavy atom. The van der Waals surface area contributed by atoms with Gasteiger partial charge in [-0.15, -0.1) is 0 Å². The fraction of sp³-hybridized carbons (Fsp3) is 0.393. The first-order valence-corrected chi connectivity index (χ1v) is 13.9. The van der Waals surface area contributed by atoms with Crippen LogP contribution in [0, 0.1) is 12.7 Å². The molecule has 2 aromatic carbocycles. The van der Waals surface area contributed by atoms with E-state index in [0.717, 1.165) is 5.56 Å². The molecular weight excluding hydrogens is 509 g/mol. The van der Waals surface area contributed by atoms with E-state index in [2.05, 4.69) is 17.2 Å². The molecule has 0 aliphatic carbocycles. The van der Waals surface area contributed by atoms with E-state index in [4.69, 9.17) is 0 Å². The molecule has 10 heteroatoms. The highest BCUT2D eigenvalue weighted by Crippen LogP contribution is 2.29. The molecule has 0 fully saturated rings. The zero-order valence-corrected chi connectivity index (χ0v) is 22.5. The lowest BCUT2D eigenvalue weighted by molar-refractivity contribution is 0.0742. The number of carbonyl (C=O) groups is 1. The molecular formula is C28H35FN3O5S. The van der Waals surface area contributed by atoms with Crippen molar-refractivity contribution in [3.63, 3.8) is 0 Å². The third-order valence-corrected chi connectivity index (χ3v) is 6.81. The summed E-state index contributed by atoms with van der Waals surface area (Å²) in [6.45, 7) is 8.05. The van der Waals surface area contributed by atoms with Crippen LogP contribution in [0.15, 0.2) is 48.5 Å². The molecule has 8 nitrogen and oxygen atoms in total. The summed E-state index contributed by atoms with van der Waals surface area (Å²) in [7, 11) is -2.56. The maximum absolute atomic E-state index is 13.6. The van der Waals surface area contributed by atoms with Crippen molar-refractivity contribution in [3.8, 4) is 11.4 Å². The highest BCUT2D eigenvalue weighted by atomic mass is 32.2. The maximum atomic E-state index is 13.6. The lowest BCUT2D eigenvalue weighted by Crippen LogP contribution is -2.25. The lowest BCUT2D eigenvalue weighted by atomic mass is 10.1. The van der Waals surface area contributed by atoms with E-state index < -0.39 is 34.6 Å². The van der Waals surface area contributed by atoms with E-state index in [1.165, 1.54) is 12.1 Å². The van der Waals surface area contributed by atoms with Gasteiger partial charge in [0.25, 0.3) is 5.91 Å². The van der Waals surface area contributed by atoms with Crippen LogP contribution in [0.1, 0.15) is 66.3 Å². The second-order valence-electron chi connectivity index (χ2n) is 9.60. The average molecular weight is 545 g/mol. The Labute approximate surface area is 224 Å². The van der Waals surface area contributed by atoms with Gasteiger partial charge in [-0.1, -0.05) is 45.0 Å². The molecule has 1 heterocycles. The molecule has 1 radical (unpaired) electrons. The number of aliphatic hydroxyl groups excluding tert-OH is 2. The summed E-state index contributed by atoms with van der Waals surface area (Å²) >= 11 is 0. The number of rotatable bonds is 13. The van der Waals surface area contributed by atoms with Crippen molar-refractivity contribution in [3.05, 3.63) is 83.8 Å². The molecule has 0 saturated carbocycles. The Morgan fingerprint density at radius 3 is 2.42 bits per heavy atom. The van der Waals surface area contributed by atoms with Crippen LogP contribution in [0.5, 0.6) is 0 Å². The number of nitrogens with zero attached hydrogens (tertiary/aromatic N) is 2. The fourth-order valence-electron chi connectivity index (χ4n) is 4.34. The lowest BCUT2D eigenvalue weighted by Gasteiger charge is -2.19. The minimum absolute atomic E-state index is 0.0717. The number of hydrogen-bond donors (Lipinski definition) is 4. The summed E-state index contributed by atoms with van der Waals surface area (Å²) in [5.41, 5.74) is 2.92. The highest BCUT2D eigenvalue weighted by Gasteiger charge is 2.26. The highest BCUT2D eigenvalue weighted by molar-refractivity contribution is 7.71. The average Bonchev–Trinajstić information content (AvgIpc) is 3.26. The smallest absolute Gasteiger partial charge is 0.272 e. The van der Waals surface area contributed by atoms with Gasteiger partial charge in [0.1, 0.15) is 28.0 Å². The SMILES string of the molecule is [CH2]CC(O)CC(O)CCn1c(-c2ccc(F)cc2)nc(C(=O)NCc2cccc(C[SH](=O)=O)c2)c1C(C)C. The number of halogens is 1. The molecule has 1 amide bonds. The predicted molar refractivity (Wildman–Crippen MR) is 145 cm³/mol. The number of aliphatic hydroxyl groups is 2. The third kappa shape index (κ3) is 7.96. The van der Waals surface area contributed by atoms with Gasteiger partial charge in [-0.2, -0.15) is 0 Å². The molecule has 205 valence electrons. The van der Waals surface area contributed by atoms with Gasteiger partial charge in [-0.3, -0.25) is 4.79 Å². The second kappa shape index (κ2) is 13.6. The van der Waals surface area contributed by atoms with Gasteiger partial charge in [-0.25, -0.2) is 17.8 Å². The van der Waals surface area contributed by atoms with E-state index in [-0.39, 0.29) is 30.3 Å². The Hall–Kier alpha value is -3.08. The van der Waals surface area contributed by atoms with Crippen molar-refractivity contribution in [2.75, 3.05) is 0 Å². The van der Waals surface area contributed by atoms with Gasteiger partial charge < -0.3 is 20.1 Å². The predicted octanol–water partition coefficient (Wildman–Crippen LogP) is 3.58. The van der Waals surface area contributed by atoms with Crippen molar-refractivity contribution >= 4 is 16.6 Å². The first-order valence-electron chi connectivity index (χ1n) is 12.6. The molecule has 0 spiro atoms. The van der Waals surface area contributed by atoms with Gasteiger partial charge in [0.15, 0.2) is 0 Å². The maximum Gasteiger partial charge on any atom is 0.272 e. The number of carbonyl (C=O) groups excluding carboxylic acids is 1. The fourth-order valence-corrected chi connectivity index (χ4v) is 4.84. The van der Waals surface area contributed by atoms with Crippen LogP contribution in [0.2, 0.25) is 0 Å². The van der Waals surface area contributed by atoms with Crippen LogP contribution in [0.3, 0.4) is 0 Å². The van der Waals surface area contributed by atoms with Gasteiger partial charge in [0, 0.05) is 18.7 Å². The zero-order chi connectivity index (χ0) is 27.8. The van der Waals surface area contributed by atoms with Crippen LogP contribution in [0.25, 0.3) is 11.4 Å². The van der Waals surface area contributed by atoms with Crippen molar-refractivity contribution in [1.82, 2.24) is 14.9 Å². The van der Waals surface area contributed by atoms with Gasteiger partial charge in [0.2, 0.25) is 0 Å². The largest absolute Gasteiger partial charge is 0.393 e. The first-order chi connectivity index (χ1) is 18.1. The molecule has 2 unspecified atom stereocenters. The van der Waals surface area contributed by atoms with Crippen LogP contribution >= 0.6 is 0 Å². The molecule has 1 aromatic heterocycles. The monoisotopic (exact) mass is 544 g/mol. The molecule has 3 rings (SSSR count). The van der Waals surface area contributed by atoms with Gasteiger partial charge in [0.05, 0.1) is 23.7 Å². The van der Waals surface area contributed by atoms with E-state index in [0.29, 0.717) is 42.0 Å². The number of hydrogen-bond acceptors (Lipinski definition) is 6. The molecule has 0 aliphatic rings. The Morgan fingerprint density at radius 2 is 1.79 bits per heavy atom. The number of benzene rings is 2. The van der Waals surface area contributed by atoms with Crippen molar-refractivity contribution in [2.24, 2.45) is 0 Å². The van der Waals surface area contributed by atoms with E-state index >= 15 is 0 Å². The van der Waals surface area contributed by atoms with Crippen LogP contribution in [0.4, 0.5) is 4.39 Å². The molecule has 0 saturated heterocycles. The summed E-state index contributed by atoms with van der Waals surface area (Å²) in [6.07, 6.45) is -0.680. The minimum Gasteiger partial charge on any atom is -0.393 e. The van der Waals surface area contributed by atoms with Crippen LogP contribution < -0.4 is 5.32 Å².